The summed E-state index contributed by atoms with van der Waals surface area (Å²) in [5.41, 5.74) is -0.930. The van der Waals surface area contributed by atoms with E-state index in [1.165, 1.54) is 4.90 Å². The molecule has 0 aromatic carbocycles. The van der Waals surface area contributed by atoms with Crippen LogP contribution in [0.15, 0.2) is 18.3 Å². The van der Waals surface area contributed by atoms with Gasteiger partial charge < -0.3 is 15.3 Å². The van der Waals surface area contributed by atoms with Gasteiger partial charge >= 0.3 is 18.2 Å². The number of carboxylic acids is 1. The van der Waals surface area contributed by atoms with Gasteiger partial charge in [-0.15, -0.1) is 0 Å². The lowest BCUT2D eigenvalue weighted by molar-refractivity contribution is -0.144. The molecule has 1 fully saturated rings. The number of anilines is 1. The summed E-state index contributed by atoms with van der Waals surface area (Å²) in [4.78, 5) is 27.8. The molecule has 0 bridgehead atoms. The first-order valence-electron chi connectivity index (χ1n) is 6.99. The summed E-state index contributed by atoms with van der Waals surface area (Å²) in [7, 11) is 0. The van der Waals surface area contributed by atoms with Crippen molar-refractivity contribution in [3.63, 3.8) is 0 Å². The Kier molecular flexibility index (Phi) is 4.76. The number of amides is 2. The molecular weight excluding hydrogens is 315 g/mol. The second-order valence-electron chi connectivity index (χ2n) is 5.64. The molecular formula is C14H16F3N3O3. The molecule has 0 radical (unpaired) electrons. The highest BCUT2D eigenvalue weighted by atomic mass is 19.4. The normalized spacial score (nSPS) is 21.8. The third-order valence-corrected chi connectivity index (χ3v) is 3.60. The zero-order valence-corrected chi connectivity index (χ0v) is 12.3. The number of nitrogens with one attached hydrogen (secondary N) is 1. The van der Waals surface area contributed by atoms with Gasteiger partial charge in [-0.1, -0.05) is 6.92 Å². The van der Waals surface area contributed by atoms with Crippen LogP contribution in [0.5, 0.6) is 0 Å². The Morgan fingerprint density at radius 1 is 1.35 bits per heavy atom. The van der Waals surface area contributed by atoms with Crippen molar-refractivity contribution in [2.75, 3.05) is 18.4 Å². The van der Waals surface area contributed by atoms with Crippen molar-refractivity contribution in [3.8, 4) is 0 Å². The standard InChI is InChI=1S/C14H16F3N3O3/c1-8-4-9(12(21)22)7-20(6-8)13(23)19-10-2-3-11(18-5-10)14(15,16)17/h2-3,5,8-9H,4,6-7H2,1H3,(H,19,23)(H,21,22). The van der Waals surface area contributed by atoms with Crippen LogP contribution in [0.4, 0.5) is 23.7 Å². The van der Waals surface area contributed by atoms with Gasteiger partial charge in [-0.05, 0) is 24.5 Å². The van der Waals surface area contributed by atoms with Gasteiger partial charge in [0.05, 0.1) is 17.8 Å². The van der Waals surface area contributed by atoms with Crippen LogP contribution in [0.1, 0.15) is 19.0 Å². The molecule has 0 saturated carbocycles. The average molecular weight is 331 g/mol. The summed E-state index contributed by atoms with van der Waals surface area (Å²) in [6.07, 6.45) is -3.14. The topological polar surface area (TPSA) is 82.5 Å². The molecule has 2 atom stereocenters. The quantitative estimate of drug-likeness (QED) is 0.873. The van der Waals surface area contributed by atoms with E-state index in [-0.39, 0.29) is 18.2 Å². The smallest absolute Gasteiger partial charge is 0.433 e. The third kappa shape index (κ3) is 4.33. The van der Waals surface area contributed by atoms with Crippen molar-refractivity contribution in [3.05, 3.63) is 24.0 Å². The van der Waals surface area contributed by atoms with Crippen LogP contribution in [0.2, 0.25) is 0 Å². The maximum atomic E-state index is 12.4. The van der Waals surface area contributed by atoms with Crippen LogP contribution in [-0.4, -0.2) is 40.1 Å². The van der Waals surface area contributed by atoms with Crippen LogP contribution in [0.3, 0.4) is 0 Å². The zero-order chi connectivity index (χ0) is 17.2. The van der Waals surface area contributed by atoms with Gasteiger partial charge in [0.2, 0.25) is 0 Å². The number of nitrogens with zero attached hydrogens (tertiary/aromatic N) is 2. The summed E-state index contributed by atoms with van der Waals surface area (Å²) < 4.78 is 37.3. The number of hydrogen-bond donors (Lipinski definition) is 2. The number of urea groups is 1. The van der Waals surface area contributed by atoms with Crippen LogP contribution < -0.4 is 5.32 Å². The van der Waals surface area contributed by atoms with E-state index in [4.69, 9.17) is 5.11 Å². The molecule has 2 heterocycles. The predicted molar refractivity (Wildman–Crippen MR) is 74.7 cm³/mol. The van der Waals surface area contributed by atoms with Crippen molar-refractivity contribution < 1.29 is 27.9 Å². The van der Waals surface area contributed by atoms with Crippen molar-refractivity contribution >= 4 is 17.7 Å². The molecule has 0 spiro atoms. The number of halogens is 3. The van der Waals surface area contributed by atoms with Gasteiger partial charge in [-0.3, -0.25) is 4.79 Å². The fourth-order valence-electron chi connectivity index (χ4n) is 2.53. The first-order chi connectivity index (χ1) is 10.7. The number of hydrogen-bond acceptors (Lipinski definition) is 3. The van der Waals surface area contributed by atoms with E-state index in [0.29, 0.717) is 13.0 Å². The monoisotopic (exact) mass is 331 g/mol. The lowest BCUT2D eigenvalue weighted by Crippen LogP contribution is -2.47. The zero-order valence-electron chi connectivity index (χ0n) is 12.3. The number of alkyl halides is 3. The van der Waals surface area contributed by atoms with E-state index in [1.54, 1.807) is 0 Å². The summed E-state index contributed by atoms with van der Waals surface area (Å²) >= 11 is 0. The molecule has 23 heavy (non-hydrogen) atoms. The fraction of sp³-hybridized carbons (Fsp3) is 0.500. The van der Waals surface area contributed by atoms with Gasteiger partial charge in [-0.2, -0.15) is 13.2 Å². The number of carbonyl (C=O) groups is 2. The first kappa shape index (κ1) is 17.0. The Balaban J connectivity index is 2.02. The number of piperidine rings is 1. The number of rotatable bonds is 2. The predicted octanol–water partition coefficient (Wildman–Crippen LogP) is 2.67. The molecule has 1 aromatic heterocycles. The van der Waals surface area contributed by atoms with E-state index in [0.717, 1.165) is 18.3 Å². The Bertz CT molecular complexity index is 589. The van der Waals surface area contributed by atoms with E-state index < -0.39 is 29.8 Å². The second kappa shape index (κ2) is 6.43. The van der Waals surface area contributed by atoms with Crippen LogP contribution in [-0.2, 0) is 11.0 Å². The summed E-state index contributed by atoms with van der Waals surface area (Å²) in [6, 6.07) is 1.33. The fourth-order valence-corrected chi connectivity index (χ4v) is 2.53. The maximum Gasteiger partial charge on any atom is 0.433 e. The van der Waals surface area contributed by atoms with Crippen LogP contribution >= 0.6 is 0 Å². The molecule has 6 nitrogen and oxygen atoms in total. The van der Waals surface area contributed by atoms with Gasteiger partial charge in [0.25, 0.3) is 0 Å². The minimum Gasteiger partial charge on any atom is -0.481 e. The lowest BCUT2D eigenvalue weighted by atomic mass is 9.91. The van der Waals surface area contributed by atoms with E-state index in [1.807, 2.05) is 6.92 Å². The van der Waals surface area contributed by atoms with E-state index in [9.17, 15) is 22.8 Å². The SMILES string of the molecule is CC1CC(C(=O)O)CN(C(=O)Nc2ccc(C(F)(F)F)nc2)C1. The Morgan fingerprint density at radius 3 is 2.57 bits per heavy atom. The highest BCUT2D eigenvalue weighted by Gasteiger charge is 2.33. The Labute approximate surface area is 130 Å². The summed E-state index contributed by atoms with van der Waals surface area (Å²) in [6.45, 7) is 2.30. The highest BCUT2D eigenvalue weighted by Crippen LogP contribution is 2.28. The van der Waals surface area contributed by atoms with Crippen molar-refractivity contribution in [2.24, 2.45) is 11.8 Å². The number of aliphatic carboxylic acids is 1. The third-order valence-electron chi connectivity index (χ3n) is 3.60. The minimum atomic E-state index is -4.54. The largest absolute Gasteiger partial charge is 0.481 e. The number of likely N-dealkylation sites (tertiary alicyclic amines) is 1. The number of pyridine rings is 1. The molecule has 1 aromatic rings. The van der Waals surface area contributed by atoms with Crippen LogP contribution in [0.25, 0.3) is 0 Å². The second-order valence-corrected chi connectivity index (χ2v) is 5.64. The van der Waals surface area contributed by atoms with Crippen molar-refractivity contribution in [1.82, 2.24) is 9.88 Å². The lowest BCUT2D eigenvalue weighted by Gasteiger charge is -2.34. The molecule has 2 unspecified atom stereocenters. The Hall–Kier alpha value is -2.32. The molecule has 1 aliphatic heterocycles. The molecule has 2 amide bonds. The number of carbonyl (C=O) groups excluding carboxylic acids is 1. The molecule has 2 rings (SSSR count). The minimum absolute atomic E-state index is 0.0290. The number of carboxylic acid groups (broad SMARTS) is 1. The average Bonchev–Trinajstić information content (AvgIpc) is 2.46. The molecule has 1 saturated heterocycles. The number of aromatic nitrogens is 1. The van der Waals surface area contributed by atoms with Gasteiger partial charge in [0, 0.05) is 13.1 Å². The van der Waals surface area contributed by atoms with Gasteiger partial charge in [-0.25, -0.2) is 9.78 Å². The molecule has 1 aliphatic rings. The Morgan fingerprint density at radius 2 is 2.04 bits per heavy atom. The van der Waals surface area contributed by atoms with Gasteiger partial charge in [0.15, 0.2) is 0 Å². The molecule has 126 valence electrons. The summed E-state index contributed by atoms with van der Waals surface area (Å²) in [5, 5.41) is 11.5. The molecule has 9 heteroatoms. The summed E-state index contributed by atoms with van der Waals surface area (Å²) in [5.74, 6) is -1.58. The van der Waals surface area contributed by atoms with E-state index >= 15 is 0 Å². The van der Waals surface area contributed by atoms with Gasteiger partial charge in [0.1, 0.15) is 5.69 Å². The molecule has 2 N–H and O–H groups in total. The maximum absolute atomic E-state index is 12.4. The first-order valence-corrected chi connectivity index (χ1v) is 6.99. The van der Waals surface area contributed by atoms with Crippen LogP contribution in [0, 0.1) is 11.8 Å². The molecule has 0 aliphatic carbocycles. The van der Waals surface area contributed by atoms with E-state index in [2.05, 4.69) is 10.3 Å². The van der Waals surface area contributed by atoms with Crippen molar-refractivity contribution in [2.45, 2.75) is 19.5 Å². The highest BCUT2D eigenvalue weighted by molar-refractivity contribution is 5.89. The van der Waals surface area contributed by atoms with Crippen molar-refractivity contribution in [1.29, 1.82) is 0 Å².